The van der Waals surface area contributed by atoms with Crippen molar-refractivity contribution in [3.05, 3.63) is 53.4 Å². The Morgan fingerprint density at radius 3 is 2.77 bits per heavy atom. The van der Waals surface area contributed by atoms with Gasteiger partial charge in [0, 0.05) is 67.7 Å². The van der Waals surface area contributed by atoms with E-state index in [1.54, 1.807) is 32.6 Å². The predicted octanol–water partition coefficient (Wildman–Crippen LogP) is 2.22. The molecule has 0 unspecified atom stereocenters. The van der Waals surface area contributed by atoms with Crippen LogP contribution in [0.15, 0.2) is 52.8 Å². The number of hydrogen-bond donors (Lipinski definition) is 3. The van der Waals surface area contributed by atoms with E-state index in [2.05, 4.69) is 27.3 Å². The number of nitrogens with one attached hydrogen (secondary N) is 1. The van der Waals surface area contributed by atoms with Crippen molar-refractivity contribution < 1.29 is 9.94 Å². The molecule has 0 amide bonds. The number of aromatic nitrogens is 1. The molecule has 0 aliphatic carbocycles. The zero-order chi connectivity index (χ0) is 19.4. The third-order valence-electron chi connectivity index (χ3n) is 3.82. The molecule has 7 nitrogen and oxygen atoms in total. The summed E-state index contributed by atoms with van der Waals surface area (Å²) in [4.78, 5) is 10.4. The van der Waals surface area contributed by atoms with E-state index in [9.17, 15) is 0 Å². The second-order valence-electron chi connectivity index (χ2n) is 5.50. The molecule has 0 spiro atoms. The SMILES string of the molecule is CCN(CCNO)/C(C)=C/C=C\C(C=NC)=C(\N)c1ccc(OC)nc1. The lowest BCUT2D eigenvalue weighted by Gasteiger charge is -2.22. The molecule has 0 aromatic carbocycles. The summed E-state index contributed by atoms with van der Waals surface area (Å²) >= 11 is 0. The molecule has 1 rings (SSSR count). The Labute approximate surface area is 155 Å². The summed E-state index contributed by atoms with van der Waals surface area (Å²) in [6, 6.07) is 3.63. The number of ether oxygens (including phenoxy) is 1. The standard InChI is InChI=1S/C19H29N5O2/c1-5-24(12-11-23-25)15(2)7-6-8-16(13-21-3)19(20)17-9-10-18(26-4)22-14-17/h6-10,13-14,23,25H,5,11-12,20H2,1-4H3/b8-6-,15-7+,19-16-,21-13?. The second-order valence-corrected chi connectivity index (χ2v) is 5.50. The van der Waals surface area contributed by atoms with Crippen LogP contribution in [0.1, 0.15) is 19.4 Å². The number of likely N-dealkylation sites (N-methyl/N-ethyl adjacent to an activating group) is 1. The third kappa shape index (κ3) is 6.70. The Morgan fingerprint density at radius 1 is 1.46 bits per heavy atom. The van der Waals surface area contributed by atoms with Crippen molar-refractivity contribution in [1.82, 2.24) is 15.4 Å². The van der Waals surface area contributed by atoms with Gasteiger partial charge in [-0.1, -0.05) is 12.2 Å². The highest BCUT2D eigenvalue weighted by molar-refractivity contribution is 5.93. The fourth-order valence-electron chi connectivity index (χ4n) is 2.33. The van der Waals surface area contributed by atoms with Gasteiger partial charge in [0.25, 0.3) is 0 Å². The highest BCUT2D eigenvalue weighted by Gasteiger charge is 2.04. The third-order valence-corrected chi connectivity index (χ3v) is 3.82. The largest absolute Gasteiger partial charge is 0.481 e. The Bertz CT molecular complexity index is 663. The molecule has 0 radical (unpaired) electrons. The topological polar surface area (TPSA) is 96.0 Å². The van der Waals surface area contributed by atoms with E-state index in [4.69, 9.17) is 15.7 Å². The summed E-state index contributed by atoms with van der Waals surface area (Å²) in [6.07, 6.45) is 9.24. The van der Waals surface area contributed by atoms with E-state index in [1.165, 1.54) is 0 Å². The van der Waals surface area contributed by atoms with E-state index in [0.717, 1.165) is 29.9 Å². The van der Waals surface area contributed by atoms with E-state index in [1.807, 2.05) is 31.2 Å². The maximum Gasteiger partial charge on any atom is 0.212 e. The van der Waals surface area contributed by atoms with Gasteiger partial charge in [-0.15, -0.1) is 0 Å². The predicted molar refractivity (Wildman–Crippen MR) is 106 cm³/mol. The van der Waals surface area contributed by atoms with Gasteiger partial charge in [-0.05, 0) is 26.0 Å². The van der Waals surface area contributed by atoms with Gasteiger partial charge in [-0.2, -0.15) is 0 Å². The first-order valence-electron chi connectivity index (χ1n) is 8.46. The summed E-state index contributed by atoms with van der Waals surface area (Å²) in [6.45, 7) is 6.19. The van der Waals surface area contributed by atoms with Crippen LogP contribution >= 0.6 is 0 Å². The van der Waals surface area contributed by atoms with Crippen molar-refractivity contribution in [3.8, 4) is 5.88 Å². The molecule has 26 heavy (non-hydrogen) atoms. The van der Waals surface area contributed by atoms with E-state index >= 15 is 0 Å². The van der Waals surface area contributed by atoms with Crippen molar-refractivity contribution >= 4 is 11.9 Å². The Hall–Kier alpha value is -2.64. The number of hydroxylamine groups is 1. The monoisotopic (exact) mass is 359 g/mol. The van der Waals surface area contributed by atoms with Gasteiger partial charge >= 0.3 is 0 Å². The molecular formula is C19H29N5O2. The lowest BCUT2D eigenvalue weighted by Crippen LogP contribution is -2.29. The molecule has 0 aliphatic heterocycles. The smallest absolute Gasteiger partial charge is 0.212 e. The normalized spacial score (nSPS) is 13.3. The highest BCUT2D eigenvalue weighted by atomic mass is 16.5. The number of methoxy groups -OCH3 is 1. The zero-order valence-corrected chi connectivity index (χ0v) is 15.9. The number of rotatable bonds is 10. The number of aliphatic imine (C=N–C) groups is 1. The Kier molecular flexibility index (Phi) is 9.74. The van der Waals surface area contributed by atoms with Crippen molar-refractivity contribution in [1.29, 1.82) is 0 Å². The molecule has 1 heterocycles. The lowest BCUT2D eigenvalue weighted by atomic mass is 10.1. The van der Waals surface area contributed by atoms with Gasteiger partial charge in [-0.25, -0.2) is 10.5 Å². The average molecular weight is 359 g/mol. The quantitative estimate of drug-likeness (QED) is 0.337. The maximum atomic E-state index is 8.75. The fourth-order valence-corrected chi connectivity index (χ4v) is 2.33. The summed E-state index contributed by atoms with van der Waals surface area (Å²) in [5.74, 6) is 0.540. The van der Waals surface area contributed by atoms with E-state index in [0.29, 0.717) is 18.1 Å². The average Bonchev–Trinajstić information content (AvgIpc) is 2.67. The van der Waals surface area contributed by atoms with Crippen molar-refractivity contribution in [2.75, 3.05) is 33.8 Å². The minimum absolute atomic E-state index is 0.508. The summed E-state index contributed by atoms with van der Waals surface area (Å²) < 4.78 is 5.07. The minimum Gasteiger partial charge on any atom is -0.481 e. The van der Waals surface area contributed by atoms with Crippen molar-refractivity contribution in [2.24, 2.45) is 10.7 Å². The van der Waals surface area contributed by atoms with Crippen LogP contribution in [0.4, 0.5) is 0 Å². The molecule has 0 saturated heterocycles. The fraction of sp³-hybridized carbons (Fsp3) is 0.368. The van der Waals surface area contributed by atoms with Gasteiger partial charge in [0.1, 0.15) is 0 Å². The number of nitrogens with zero attached hydrogens (tertiary/aromatic N) is 3. The molecule has 1 aromatic rings. The number of pyridine rings is 1. The molecule has 0 atom stereocenters. The van der Waals surface area contributed by atoms with E-state index < -0.39 is 0 Å². The zero-order valence-electron chi connectivity index (χ0n) is 15.9. The maximum absolute atomic E-state index is 8.75. The summed E-state index contributed by atoms with van der Waals surface area (Å²) in [7, 11) is 3.28. The number of hydrogen-bond acceptors (Lipinski definition) is 7. The number of nitrogens with two attached hydrogens (primary N) is 1. The van der Waals surface area contributed by atoms with Crippen molar-refractivity contribution in [3.63, 3.8) is 0 Å². The van der Waals surface area contributed by atoms with Crippen LogP contribution in [0.3, 0.4) is 0 Å². The Morgan fingerprint density at radius 2 is 2.23 bits per heavy atom. The van der Waals surface area contributed by atoms with Crippen molar-refractivity contribution in [2.45, 2.75) is 13.8 Å². The minimum atomic E-state index is 0.508. The van der Waals surface area contributed by atoms with Crippen LogP contribution in [-0.2, 0) is 0 Å². The molecule has 142 valence electrons. The van der Waals surface area contributed by atoms with Crippen LogP contribution in [0, 0.1) is 0 Å². The Balaban J connectivity index is 3.01. The van der Waals surface area contributed by atoms with Crippen LogP contribution in [0.25, 0.3) is 5.70 Å². The summed E-state index contributed by atoms with van der Waals surface area (Å²) in [5, 5.41) is 8.75. The first kappa shape index (κ1) is 21.4. The number of allylic oxidation sites excluding steroid dienone is 5. The van der Waals surface area contributed by atoms with Gasteiger partial charge in [0.15, 0.2) is 0 Å². The molecule has 4 N–H and O–H groups in total. The molecule has 0 aliphatic rings. The van der Waals surface area contributed by atoms with Crippen LogP contribution in [-0.4, -0.2) is 55.1 Å². The first-order valence-corrected chi connectivity index (χ1v) is 8.46. The molecule has 0 saturated carbocycles. The van der Waals surface area contributed by atoms with Crippen LogP contribution < -0.4 is 16.0 Å². The molecule has 1 aromatic heterocycles. The van der Waals surface area contributed by atoms with Gasteiger partial charge in [0.05, 0.1) is 7.11 Å². The molecular weight excluding hydrogens is 330 g/mol. The van der Waals surface area contributed by atoms with Gasteiger partial charge in [-0.3, -0.25) is 4.99 Å². The summed E-state index contributed by atoms with van der Waals surface area (Å²) in [5.41, 5.74) is 11.7. The molecule has 0 bridgehead atoms. The molecule has 7 heteroatoms. The van der Waals surface area contributed by atoms with Crippen LogP contribution in [0.2, 0.25) is 0 Å². The lowest BCUT2D eigenvalue weighted by molar-refractivity contribution is 0.155. The van der Waals surface area contributed by atoms with E-state index in [-0.39, 0.29) is 0 Å². The first-order chi connectivity index (χ1) is 12.6. The second kappa shape index (κ2) is 11.8. The molecule has 0 fully saturated rings. The van der Waals surface area contributed by atoms with Gasteiger partial charge in [0.2, 0.25) is 5.88 Å². The highest BCUT2D eigenvalue weighted by Crippen LogP contribution is 2.16. The van der Waals surface area contributed by atoms with Crippen LogP contribution in [0.5, 0.6) is 5.88 Å². The van der Waals surface area contributed by atoms with Gasteiger partial charge < -0.3 is 20.6 Å².